The van der Waals surface area contributed by atoms with Crippen LogP contribution in [-0.2, 0) is 17.1 Å². The Morgan fingerprint density at radius 1 is 1.20 bits per heavy atom. The van der Waals surface area contributed by atoms with Gasteiger partial charge in [0, 0.05) is 18.9 Å². The number of aromatic nitrogens is 4. The van der Waals surface area contributed by atoms with Crippen LogP contribution in [0.1, 0.15) is 0 Å². The fraction of sp³-hybridized carbons (Fsp3) is 0.0714. The molecule has 3 aromatic rings. The molecule has 8 nitrogen and oxygen atoms in total. The van der Waals surface area contributed by atoms with E-state index in [1.807, 2.05) is 11.6 Å². The minimum absolute atomic E-state index is 0. The Labute approximate surface area is 163 Å². The smallest absolute Gasteiger partial charge is 0.238 e. The molecule has 11 heteroatoms. The highest BCUT2D eigenvalue weighted by Gasteiger charge is 2.12. The van der Waals surface area contributed by atoms with E-state index >= 15 is 0 Å². The summed E-state index contributed by atoms with van der Waals surface area (Å²) < 4.78 is 25.1. The van der Waals surface area contributed by atoms with Crippen LogP contribution in [0.3, 0.4) is 0 Å². The van der Waals surface area contributed by atoms with Crippen molar-refractivity contribution in [2.75, 3.05) is 5.32 Å². The van der Waals surface area contributed by atoms with Crippen molar-refractivity contribution in [3.8, 4) is 11.4 Å². The summed E-state index contributed by atoms with van der Waals surface area (Å²) in [7, 11) is -1.84. The van der Waals surface area contributed by atoms with Gasteiger partial charge in [-0.1, -0.05) is 0 Å². The molecular weight excluding hydrogens is 476 g/mol. The molecule has 0 unspecified atom stereocenters. The zero-order valence-electron chi connectivity index (χ0n) is 12.9. The highest BCUT2D eigenvalue weighted by molar-refractivity contribution is 9.10. The summed E-state index contributed by atoms with van der Waals surface area (Å²) in [6.45, 7) is 0. The van der Waals surface area contributed by atoms with Gasteiger partial charge in [0.1, 0.15) is 5.69 Å². The van der Waals surface area contributed by atoms with Crippen LogP contribution in [-0.4, -0.2) is 27.9 Å². The van der Waals surface area contributed by atoms with Crippen LogP contribution in [0.5, 0.6) is 0 Å². The molecular formula is C14H14Br2N6O2S. The van der Waals surface area contributed by atoms with Gasteiger partial charge in [0.05, 0.1) is 27.6 Å². The second-order valence-electron chi connectivity index (χ2n) is 4.97. The molecule has 3 N–H and O–H groups in total. The summed E-state index contributed by atoms with van der Waals surface area (Å²) in [5, 5.41) is 8.10. The Morgan fingerprint density at radius 3 is 2.44 bits per heavy atom. The lowest BCUT2D eigenvalue weighted by Crippen LogP contribution is -2.11. The largest absolute Gasteiger partial charge is 0.332 e. The summed E-state index contributed by atoms with van der Waals surface area (Å²) in [4.78, 5) is 12.8. The molecule has 0 amide bonds. The van der Waals surface area contributed by atoms with Gasteiger partial charge in [-0.25, -0.2) is 28.5 Å². The first-order valence-electron chi connectivity index (χ1n) is 6.74. The molecule has 0 aliphatic heterocycles. The Morgan fingerprint density at radius 2 is 1.88 bits per heavy atom. The Balaban J connectivity index is 0.00000225. The first kappa shape index (κ1) is 19.5. The normalized spacial score (nSPS) is 11.0. The highest BCUT2D eigenvalue weighted by Crippen LogP contribution is 2.26. The Hall–Kier alpha value is -1.82. The zero-order valence-corrected chi connectivity index (χ0v) is 17.0. The van der Waals surface area contributed by atoms with Gasteiger partial charge in [0.2, 0.25) is 16.0 Å². The van der Waals surface area contributed by atoms with E-state index in [0.29, 0.717) is 17.3 Å². The molecule has 25 heavy (non-hydrogen) atoms. The molecule has 0 fully saturated rings. The van der Waals surface area contributed by atoms with Crippen molar-refractivity contribution in [3.05, 3.63) is 47.5 Å². The van der Waals surface area contributed by atoms with Crippen molar-refractivity contribution in [1.82, 2.24) is 19.5 Å². The van der Waals surface area contributed by atoms with Crippen molar-refractivity contribution >= 4 is 54.6 Å². The summed E-state index contributed by atoms with van der Waals surface area (Å²) >= 11 is 3.43. The molecule has 132 valence electrons. The maximum atomic E-state index is 11.3. The molecule has 0 aliphatic rings. The Bertz CT molecular complexity index is 989. The molecule has 0 aliphatic carbocycles. The predicted octanol–water partition coefficient (Wildman–Crippen LogP) is 2.61. The molecule has 0 spiro atoms. The average molecular weight is 490 g/mol. The van der Waals surface area contributed by atoms with Crippen molar-refractivity contribution < 1.29 is 8.42 Å². The first-order valence-corrected chi connectivity index (χ1v) is 9.07. The summed E-state index contributed by atoms with van der Waals surface area (Å²) in [6, 6.07) is 6.01. The lowest BCUT2D eigenvalue weighted by molar-refractivity contribution is 0.598. The highest BCUT2D eigenvalue weighted by atomic mass is 79.9. The SMILES string of the molecule is Br.Cn1cncc1-c1nc(Nc2ccc(S(N)(=O)=O)cc2)ncc1Br. The van der Waals surface area contributed by atoms with Gasteiger partial charge in [-0.05, 0) is 40.2 Å². The number of hydrogen-bond donors (Lipinski definition) is 2. The quantitative estimate of drug-likeness (QED) is 0.581. The van der Waals surface area contributed by atoms with Crippen LogP contribution in [0.25, 0.3) is 11.4 Å². The van der Waals surface area contributed by atoms with E-state index in [1.54, 1.807) is 30.9 Å². The summed E-state index contributed by atoms with van der Waals surface area (Å²) in [6.07, 6.45) is 5.02. The fourth-order valence-electron chi connectivity index (χ4n) is 2.05. The molecule has 2 aromatic heterocycles. The molecule has 1 aromatic carbocycles. The van der Waals surface area contributed by atoms with E-state index in [0.717, 1.165) is 10.2 Å². The number of nitrogens with zero attached hydrogens (tertiary/aromatic N) is 4. The number of imidazole rings is 1. The van der Waals surface area contributed by atoms with Crippen LogP contribution in [0.15, 0.2) is 52.4 Å². The topological polar surface area (TPSA) is 116 Å². The first-order chi connectivity index (χ1) is 11.3. The van der Waals surface area contributed by atoms with Gasteiger partial charge in [-0.2, -0.15) is 0 Å². The molecule has 3 rings (SSSR count). The number of aryl methyl sites for hydroxylation is 1. The number of nitrogens with two attached hydrogens (primary N) is 1. The van der Waals surface area contributed by atoms with Gasteiger partial charge in [0.15, 0.2) is 0 Å². The number of halogens is 2. The van der Waals surface area contributed by atoms with E-state index in [1.165, 1.54) is 12.1 Å². The van der Waals surface area contributed by atoms with Crippen LogP contribution >= 0.6 is 32.9 Å². The van der Waals surface area contributed by atoms with Gasteiger partial charge >= 0.3 is 0 Å². The van der Waals surface area contributed by atoms with Crippen LogP contribution in [0.2, 0.25) is 0 Å². The standard InChI is InChI=1S/C14H13BrN6O2S.BrH/c1-21-8-17-7-12(21)13-11(15)6-18-14(20-13)19-9-2-4-10(5-3-9)24(16,22)23;/h2-8H,1H3,(H2,16,22,23)(H,18,19,20);1H. The maximum absolute atomic E-state index is 11.3. The number of rotatable bonds is 4. The van der Waals surface area contributed by atoms with Crippen molar-refractivity contribution in [2.45, 2.75) is 4.90 Å². The molecule has 2 heterocycles. The monoisotopic (exact) mass is 488 g/mol. The summed E-state index contributed by atoms with van der Waals surface area (Å²) in [5.41, 5.74) is 2.16. The van der Waals surface area contributed by atoms with Crippen molar-refractivity contribution in [2.24, 2.45) is 12.2 Å². The number of benzene rings is 1. The molecule has 0 bridgehead atoms. The number of primary sulfonamides is 1. The van der Waals surface area contributed by atoms with E-state index in [4.69, 9.17) is 5.14 Å². The average Bonchev–Trinajstić information content (AvgIpc) is 2.95. The number of sulfonamides is 1. The van der Waals surface area contributed by atoms with Gasteiger partial charge < -0.3 is 9.88 Å². The molecule has 0 saturated heterocycles. The van der Waals surface area contributed by atoms with Crippen molar-refractivity contribution in [3.63, 3.8) is 0 Å². The van der Waals surface area contributed by atoms with Crippen LogP contribution in [0, 0.1) is 0 Å². The zero-order chi connectivity index (χ0) is 17.3. The molecule has 0 radical (unpaired) electrons. The van der Waals surface area contributed by atoms with Gasteiger partial charge in [0.25, 0.3) is 0 Å². The van der Waals surface area contributed by atoms with Gasteiger partial charge in [-0.15, -0.1) is 17.0 Å². The lowest BCUT2D eigenvalue weighted by atomic mass is 10.3. The van der Waals surface area contributed by atoms with Gasteiger partial charge in [-0.3, -0.25) is 0 Å². The van der Waals surface area contributed by atoms with Crippen molar-refractivity contribution in [1.29, 1.82) is 0 Å². The fourth-order valence-corrected chi connectivity index (χ4v) is 2.96. The number of nitrogens with one attached hydrogen (secondary N) is 1. The van der Waals surface area contributed by atoms with E-state index < -0.39 is 10.0 Å². The van der Waals surface area contributed by atoms with E-state index in [-0.39, 0.29) is 21.9 Å². The third-order valence-electron chi connectivity index (χ3n) is 3.24. The number of anilines is 2. The molecule has 0 atom stereocenters. The van der Waals surface area contributed by atoms with Crippen LogP contribution < -0.4 is 10.5 Å². The summed E-state index contributed by atoms with van der Waals surface area (Å²) in [5.74, 6) is 0.373. The second kappa shape index (κ2) is 7.60. The predicted molar refractivity (Wildman–Crippen MR) is 103 cm³/mol. The van der Waals surface area contributed by atoms with E-state index in [2.05, 4.69) is 36.2 Å². The Kier molecular flexibility index (Phi) is 5.93. The van der Waals surface area contributed by atoms with Crippen LogP contribution in [0.4, 0.5) is 11.6 Å². The third-order valence-corrected chi connectivity index (χ3v) is 4.75. The number of hydrogen-bond acceptors (Lipinski definition) is 6. The molecule has 0 saturated carbocycles. The maximum Gasteiger partial charge on any atom is 0.238 e. The van der Waals surface area contributed by atoms with E-state index in [9.17, 15) is 8.42 Å². The lowest BCUT2D eigenvalue weighted by Gasteiger charge is -2.09. The second-order valence-corrected chi connectivity index (χ2v) is 7.39. The third kappa shape index (κ3) is 4.42. The minimum atomic E-state index is -3.71. The minimum Gasteiger partial charge on any atom is -0.332 e.